The van der Waals surface area contributed by atoms with Crippen molar-refractivity contribution in [3.05, 3.63) is 39.9 Å². The number of benzene rings is 1. The van der Waals surface area contributed by atoms with Crippen LogP contribution in [0.3, 0.4) is 0 Å². The molecule has 1 aliphatic rings. The first-order valence-corrected chi connectivity index (χ1v) is 7.93. The van der Waals surface area contributed by atoms with Crippen LogP contribution in [-0.4, -0.2) is 48.1 Å². The molecule has 0 unspecified atom stereocenters. The van der Waals surface area contributed by atoms with E-state index < -0.39 is 4.92 Å². The highest BCUT2D eigenvalue weighted by atomic mass is 16.6. The summed E-state index contributed by atoms with van der Waals surface area (Å²) in [6.07, 6.45) is 2.68. The number of hydrogen-bond acceptors (Lipinski definition) is 5. The first kappa shape index (κ1) is 17.4. The number of nitrogens with zero attached hydrogens (tertiary/aromatic N) is 2. The lowest BCUT2D eigenvalue weighted by Gasteiger charge is -2.32. The summed E-state index contributed by atoms with van der Waals surface area (Å²) in [7, 11) is 0. The number of piperidine rings is 1. The van der Waals surface area contributed by atoms with Gasteiger partial charge in [-0.25, -0.2) is 0 Å². The SMILES string of the molecule is NCCCOC1CCN(C(=O)Cc2ccccc2[N+](=O)[O-])CC1. The average Bonchev–Trinajstić information content (AvgIpc) is 2.56. The van der Waals surface area contributed by atoms with Crippen molar-refractivity contribution in [2.45, 2.75) is 31.8 Å². The van der Waals surface area contributed by atoms with Gasteiger partial charge in [-0.05, 0) is 25.8 Å². The summed E-state index contributed by atoms with van der Waals surface area (Å²) in [5, 5.41) is 11.0. The predicted molar refractivity (Wildman–Crippen MR) is 86.0 cm³/mol. The molecular weight excluding hydrogens is 298 g/mol. The van der Waals surface area contributed by atoms with E-state index in [1.807, 2.05) is 0 Å². The first-order chi connectivity index (χ1) is 11.1. The van der Waals surface area contributed by atoms with E-state index in [9.17, 15) is 14.9 Å². The Kier molecular flexibility index (Phi) is 6.49. The van der Waals surface area contributed by atoms with Crippen molar-refractivity contribution < 1.29 is 14.5 Å². The van der Waals surface area contributed by atoms with E-state index in [4.69, 9.17) is 10.5 Å². The average molecular weight is 321 g/mol. The number of hydrogen-bond donors (Lipinski definition) is 1. The summed E-state index contributed by atoms with van der Waals surface area (Å²) in [5.41, 5.74) is 5.89. The minimum absolute atomic E-state index is 0.000791. The maximum atomic E-state index is 12.4. The molecular formula is C16H23N3O4. The van der Waals surface area contributed by atoms with Crippen LogP contribution < -0.4 is 5.73 Å². The van der Waals surface area contributed by atoms with Gasteiger partial charge in [0, 0.05) is 31.3 Å². The number of carbonyl (C=O) groups is 1. The normalized spacial score (nSPS) is 15.6. The molecule has 126 valence electrons. The molecule has 0 bridgehead atoms. The number of nitrogens with two attached hydrogens (primary N) is 1. The van der Waals surface area contributed by atoms with Crippen molar-refractivity contribution in [1.82, 2.24) is 4.90 Å². The van der Waals surface area contributed by atoms with Crippen LogP contribution in [-0.2, 0) is 16.0 Å². The Morgan fingerprint density at radius 2 is 2.04 bits per heavy atom. The Balaban J connectivity index is 1.85. The number of para-hydroxylation sites is 1. The molecule has 1 aliphatic heterocycles. The van der Waals surface area contributed by atoms with Gasteiger partial charge in [0.15, 0.2) is 0 Å². The van der Waals surface area contributed by atoms with Gasteiger partial charge in [0.1, 0.15) is 0 Å². The molecule has 2 rings (SSSR count). The number of amides is 1. The van der Waals surface area contributed by atoms with E-state index in [0.717, 1.165) is 19.3 Å². The smallest absolute Gasteiger partial charge is 0.273 e. The van der Waals surface area contributed by atoms with Gasteiger partial charge in [-0.1, -0.05) is 18.2 Å². The van der Waals surface area contributed by atoms with E-state index in [1.54, 1.807) is 23.1 Å². The maximum absolute atomic E-state index is 12.4. The summed E-state index contributed by atoms with van der Waals surface area (Å²) in [6, 6.07) is 6.39. The molecule has 1 aromatic carbocycles. The van der Waals surface area contributed by atoms with Gasteiger partial charge < -0.3 is 15.4 Å². The highest BCUT2D eigenvalue weighted by Crippen LogP contribution is 2.20. The van der Waals surface area contributed by atoms with Crippen molar-refractivity contribution in [3.8, 4) is 0 Å². The third kappa shape index (κ3) is 5.01. The van der Waals surface area contributed by atoms with Crippen LogP contribution >= 0.6 is 0 Å². The number of rotatable bonds is 7. The van der Waals surface area contributed by atoms with Gasteiger partial charge in [0.05, 0.1) is 17.4 Å². The minimum Gasteiger partial charge on any atom is -0.378 e. The summed E-state index contributed by atoms with van der Waals surface area (Å²) in [5.74, 6) is -0.0697. The van der Waals surface area contributed by atoms with E-state index in [0.29, 0.717) is 31.8 Å². The summed E-state index contributed by atoms with van der Waals surface area (Å²) < 4.78 is 5.71. The molecule has 0 aromatic heterocycles. The van der Waals surface area contributed by atoms with Crippen LogP contribution in [0.25, 0.3) is 0 Å². The van der Waals surface area contributed by atoms with Crippen molar-refractivity contribution in [2.75, 3.05) is 26.2 Å². The van der Waals surface area contributed by atoms with Gasteiger partial charge in [0.25, 0.3) is 5.69 Å². The van der Waals surface area contributed by atoms with E-state index >= 15 is 0 Å². The zero-order valence-corrected chi connectivity index (χ0v) is 13.1. The maximum Gasteiger partial charge on any atom is 0.273 e. The molecule has 1 heterocycles. The Labute approximate surface area is 135 Å². The molecule has 1 fully saturated rings. The molecule has 1 amide bonds. The lowest BCUT2D eigenvalue weighted by molar-refractivity contribution is -0.385. The number of nitro groups is 1. The summed E-state index contributed by atoms with van der Waals surface area (Å²) >= 11 is 0. The van der Waals surface area contributed by atoms with Gasteiger partial charge in [0.2, 0.25) is 5.91 Å². The molecule has 0 spiro atoms. The first-order valence-electron chi connectivity index (χ1n) is 7.93. The Bertz CT molecular complexity index is 542. The van der Waals surface area contributed by atoms with Crippen LogP contribution in [0.5, 0.6) is 0 Å². The fourth-order valence-electron chi connectivity index (χ4n) is 2.72. The molecule has 0 atom stereocenters. The minimum atomic E-state index is -0.444. The molecule has 7 nitrogen and oxygen atoms in total. The lowest BCUT2D eigenvalue weighted by Crippen LogP contribution is -2.41. The van der Waals surface area contributed by atoms with E-state index in [2.05, 4.69) is 0 Å². The highest BCUT2D eigenvalue weighted by Gasteiger charge is 2.25. The molecule has 23 heavy (non-hydrogen) atoms. The molecule has 0 aliphatic carbocycles. The molecule has 2 N–H and O–H groups in total. The Morgan fingerprint density at radius 1 is 1.35 bits per heavy atom. The molecule has 1 saturated heterocycles. The van der Waals surface area contributed by atoms with Crippen LogP contribution in [0, 0.1) is 10.1 Å². The largest absolute Gasteiger partial charge is 0.378 e. The molecule has 0 saturated carbocycles. The zero-order chi connectivity index (χ0) is 16.7. The van der Waals surface area contributed by atoms with Gasteiger partial charge in [-0.15, -0.1) is 0 Å². The number of ether oxygens (including phenoxy) is 1. The Hall–Kier alpha value is -1.99. The molecule has 7 heteroatoms. The topological polar surface area (TPSA) is 98.7 Å². The molecule has 0 radical (unpaired) electrons. The zero-order valence-electron chi connectivity index (χ0n) is 13.1. The van der Waals surface area contributed by atoms with Crippen LogP contribution in [0.1, 0.15) is 24.8 Å². The van der Waals surface area contributed by atoms with Crippen molar-refractivity contribution in [2.24, 2.45) is 5.73 Å². The number of likely N-dealkylation sites (tertiary alicyclic amines) is 1. The second-order valence-corrected chi connectivity index (χ2v) is 5.66. The fraction of sp³-hybridized carbons (Fsp3) is 0.562. The van der Waals surface area contributed by atoms with Crippen molar-refractivity contribution in [1.29, 1.82) is 0 Å². The van der Waals surface area contributed by atoms with Crippen molar-refractivity contribution in [3.63, 3.8) is 0 Å². The third-order valence-corrected chi connectivity index (χ3v) is 4.03. The second-order valence-electron chi connectivity index (χ2n) is 5.66. The van der Waals surface area contributed by atoms with Gasteiger partial charge in [-0.2, -0.15) is 0 Å². The Morgan fingerprint density at radius 3 is 2.70 bits per heavy atom. The predicted octanol–water partition coefficient (Wildman–Crippen LogP) is 1.49. The molecule has 1 aromatic rings. The monoisotopic (exact) mass is 321 g/mol. The standard InChI is InChI=1S/C16H23N3O4/c17-8-3-11-23-14-6-9-18(10-7-14)16(20)12-13-4-1-2-5-15(13)19(21)22/h1-2,4-5,14H,3,6-12,17H2. The van der Waals surface area contributed by atoms with Crippen molar-refractivity contribution >= 4 is 11.6 Å². The van der Waals surface area contributed by atoms with E-state index in [-0.39, 0.29) is 24.1 Å². The fourth-order valence-corrected chi connectivity index (χ4v) is 2.72. The number of nitro benzene ring substituents is 1. The van der Waals surface area contributed by atoms with Crippen LogP contribution in [0.2, 0.25) is 0 Å². The van der Waals surface area contributed by atoms with Gasteiger partial charge in [-0.3, -0.25) is 14.9 Å². The summed E-state index contributed by atoms with van der Waals surface area (Å²) in [4.78, 5) is 24.7. The third-order valence-electron chi connectivity index (χ3n) is 4.03. The van der Waals surface area contributed by atoms with Crippen LogP contribution in [0.4, 0.5) is 5.69 Å². The lowest BCUT2D eigenvalue weighted by atomic mass is 10.0. The second kappa shape index (κ2) is 8.59. The van der Waals surface area contributed by atoms with Gasteiger partial charge >= 0.3 is 0 Å². The highest BCUT2D eigenvalue weighted by molar-refractivity contribution is 5.80. The number of carbonyl (C=O) groups excluding carboxylic acids is 1. The summed E-state index contributed by atoms with van der Waals surface area (Å²) in [6.45, 7) is 2.54. The van der Waals surface area contributed by atoms with E-state index in [1.165, 1.54) is 6.07 Å². The van der Waals surface area contributed by atoms with Crippen LogP contribution in [0.15, 0.2) is 24.3 Å². The quantitative estimate of drug-likeness (QED) is 0.466.